The third kappa shape index (κ3) is 2.19. The first-order valence-corrected chi connectivity index (χ1v) is 5.30. The van der Waals surface area contributed by atoms with Crippen molar-refractivity contribution in [1.82, 2.24) is 0 Å². The lowest BCUT2D eigenvalue weighted by molar-refractivity contribution is 0.550. The zero-order chi connectivity index (χ0) is 10.2. The molecule has 0 bridgehead atoms. The summed E-state index contributed by atoms with van der Waals surface area (Å²) in [7, 11) is -4.64. The molecular formula is C8H8ClFO2S. The van der Waals surface area contributed by atoms with Crippen molar-refractivity contribution < 1.29 is 12.3 Å². The van der Waals surface area contributed by atoms with Crippen LogP contribution in [0.2, 0.25) is 5.02 Å². The van der Waals surface area contributed by atoms with Crippen LogP contribution in [0, 0.1) is 13.8 Å². The summed E-state index contributed by atoms with van der Waals surface area (Å²) < 4.78 is 34.1. The molecule has 0 aromatic heterocycles. The van der Waals surface area contributed by atoms with E-state index in [1.807, 2.05) is 0 Å². The van der Waals surface area contributed by atoms with Crippen LogP contribution in [0.4, 0.5) is 3.89 Å². The van der Waals surface area contributed by atoms with Crippen molar-refractivity contribution in [2.45, 2.75) is 18.7 Å². The smallest absolute Gasteiger partial charge is 0.189 e. The molecule has 2 nitrogen and oxygen atoms in total. The number of rotatable bonds is 1. The zero-order valence-corrected chi connectivity index (χ0v) is 8.71. The van der Waals surface area contributed by atoms with Gasteiger partial charge in [-0.15, -0.1) is 3.89 Å². The molecule has 13 heavy (non-hydrogen) atoms. The Morgan fingerprint density at radius 2 is 1.62 bits per heavy atom. The van der Waals surface area contributed by atoms with E-state index < -0.39 is 10.2 Å². The average molecular weight is 223 g/mol. The fraction of sp³-hybridized carbons (Fsp3) is 0.250. The Morgan fingerprint density at radius 3 is 1.92 bits per heavy atom. The van der Waals surface area contributed by atoms with Gasteiger partial charge < -0.3 is 0 Å². The quantitative estimate of drug-likeness (QED) is 0.685. The van der Waals surface area contributed by atoms with E-state index in [2.05, 4.69) is 0 Å². The predicted molar refractivity (Wildman–Crippen MR) is 49.2 cm³/mol. The minimum atomic E-state index is -4.64. The van der Waals surface area contributed by atoms with Gasteiger partial charge in [-0.1, -0.05) is 11.6 Å². The van der Waals surface area contributed by atoms with E-state index in [0.717, 1.165) is 0 Å². The highest BCUT2D eigenvalue weighted by Crippen LogP contribution is 2.25. The zero-order valence-electron chi connectivity index (χ0n) is 7.14. The van der Waals surface area contributed by atoms with Crippen LogP contribution in [-0.4, -0.2) is 8.42 Å². The van der Waals surface area contributed by atoms with E-state index in [1.54, 1.807) is 0 Å². The Hall–Kier alpha value is -0.610. The summed E-state index contributed by atoms with van der Waals surface area (Å²) in [4.78, 5) is -0.281. The lowest BCUT2D eigenvalue weighted by atomic mass is 10.2. The molecule has 0 aliphatic carbocycles. The lowest BCUT2D eigenvalue weighted by Crippen LogP contribution is -1.98. The highest BCUT2D eigenvalue weighted by atomic mass is 35.5. The second kappa shape index (κ2) is 3.27. The monoisotopic (exact) mass is 222 g/mol. The van der Waals surface area contributed by atoms with Crippen molar-refractivity contribution >= 4 is 21.8 Å². The van der Waals surface area contributed by atoms with E-state index in [0.29, 0.717) is 16.1 Å². The molecule has 0 atom stereocenters. The number of aryl methyl sites for hydroxylation is 2. The van der Waals surface area contributed by atoms with Gasteiger partial charge in [0, 0.05) is 5.02 Å². The molecule has 0 aliphatic rings. The molecular weight excluding hydrogens is 215 g/mol. The molecule has 5 heteroatoms. The molecule has 0 spiro atoms. The fourth-order valence-electron chi connectivity index (χ4n) is 1.28. The highest BCUT2D eigenvalue weighted by molar-refractivity contribution is 7.86. The van der Waals surface area contributed by atoms with E-state index in [-0.39, 0.29) is 4.90 Å². The largest absolute Gasteiger partial charge is 0.332 e. The minimum absolute atomic E-state index is 0.281. The Morgan fingerprint density at radius 1 is 1.23 bits per heavy atom. The lowest BCUT2D eigenvalue weighted by Gasteiger charge is -2.05. The molecule has 0 N–H and O–H groups in total. The molecule has 1 aromatic carbocycles. The van der Waals surface area contributed by atoms with Gasteiger partial charge in [-0.25, -0.2) is 0 Å². The topological polar surface area (TPSA) is 34.1 Å². The van der Waals surface area contributed by atoms with E-state index in [1.165, 1.54) is 26.0 Å². The van der Waals surface area contributed by atoms with Gasteiger partial charge in [-0.3, -0.25) is 0 Å². The first-order chi connectivity index (χ1) is 5.82. The van der Waals surface area contributed by atoms with Crippen LogP contribution in [0.25, 0.3) is 0 Å². The third-order valence-corrected chi connectivity index (χ3v) is 3.02. The van der Waals surface area contributed by atoms with Crippen LogP contribution in [0.1, 0.15) is 11.1 Å². The molecule has 0 amide bonds. The molecule has 0 radical (unpaired) electrons. The molecule has 1 rings (SSSR count). The maximum absolute atomic E-state index is 12.7. The Balaban J connectivity index is 3.57. The normalized spacial score (nSPS) is 11.7. The van der Waals surface area contributed by atoms with Crippen molar-refractivity contribution in [3.63, 3.8) is 0 Å². The molecule has 72 valence electrons. The summed E-state index contributed by atoms with van der Waals surface area (Å²) in [6, 6.07) is 2.84. The van der Waals surface area contributed by atoms with Crippen molar-refractivity contribution in [2.24, 2.45) is 0 Å². The van der Waals surface area contributed by atoms with Crippen LogP contribution in [0.5, 0.6) is 0 Å². The molecule has 0 heterocycles. The minimum Gasteiger partial charge on any atom is -0.189 e. The molecule has 0 aliphatic heterocycles. The van der Waals surface area contributed by atoms with Crippen LogP contribution in [0.15, 0.2) is 17.0 Å². The Bertz CT molecular complexity index is 416. The van der Waals surface area contributed by atoms with E-state index in [9.17, 15) is 12.3 Å². The van der Waals surface area contributed by atoms with Crippen molar-refractivity contribution in [3.8, 4) is 0 Å². The number of hydrogen-bond donors (Lipinski definition) is 0. The maximum Gasteiger partial charge on any atom is 0.332 e. The van der Waals surface area contributed by atoms with Gasteiger partial charge in [0.05, 0.1) is 0 Å². The Labute approximate surface area is 81.6 Å². The van der Waals surface area contributed by atoms with Crippen LogP contribution in [-0.2, 0) is 10.2 Å². The van der Waals surface area contributed by atoms with E-state index >= 15 is 0 Å². The fourth-order valence-corrected chi connectivity index (χ4v) is 2.50. The summed E-state index contributed by atoms with van der Waals surface area (Å²) in [5.41, 5.74) is 0.653. The van der Waals surface area contributed by atoms with Crippen molar-refractivity contribution in [2.75, 3.05) is 0 Å². The van der Waals surface area contributed by atoms with Gasteiger partial charge in [0.25, 0.3) is 0 Å². The van der Waals surface area contributed by atoms with Crippen LogP contribution >= 0.6 is 11.6 Å². The summed E-state index contributed by atoms with van der Waals surface area (Å²) >= 11 is 5.66. The second-order valence-electron chi connectivity index (χ2n) is 2.81. The molecule has 0 unspecified atom stereocenters. The van der Waals surface area contributed by atoms with E-state index in [4.69, 9.17) is 11.6 Å². The average Bonchev–Trinajstić information content (AvgIpc) is 1.78. The van der Waals surface area contributed by atoms with Crippen molar-refractivity contribution in [3.05, 3.63) is 28.3 Å². The summed E-state index contributed by atoms with van der Waals surface area (Å²) in [6.07, 6.45) is 0. The standard InChI is InChI=1S/C8H8ClFO2S/c1-5-3-7(9)4-6(2)8(5)13(10,11)12/h3-4H,1-2H3. The van der Waals surface area contributed by atoms with Crippen LogP contribution in [0.3, 0.4) is 0 Å². The summed E-state index contributed by atoms with van der Waals surface area (Å²) in [6.45, 7) is 3.01. The van der Waals surface area contributed by atoms with Gasteiger partial charge >= 0.3 is 10.2 Å². The Kier molecular flexibility index (Phi) is 2.63. The number of hydrogen-bond acceptors (Lipinski definition) is 2. The molecule has 1 aromatic rings. The second-order valence-corrected chi connectivity index (χ2v) is 4.53. The maximum atomic E-state index is 12.7. The highest BCUT2D eigenvalue weighted by Gasteiger charge is 2.18. The third-order valence-electron chi connectivity index (χ3n) is 1.67. The van der Waals surface area contributed by atoms with Gasteiger partial charge in [0.1, 0.15) is 4.90 Å². The predicted octanol–water partition coefficient (Wildman–Crippen LogP) is 2.62. The molecule has 0 saturated carbocycles. The molecule has 0 saturated heterocycles. The summed E-state index contributed by atoms with van der Waals surface area (Å²) in [5.74, 6) is 0. The van der Waals surface area contributed by atoms with Gasteiger partial charge in [0.2, 0.25) is 0 Å². The number of halogens is 2. The first kappa shape index (κ1) is 10.5. The summed E-state index contributed by atoms with van der Waals surface area (Å²) in [5, 5.41) is 0.405. The number of benzene rings is 1. The van der Waals surface area contributed by atoms with Crippen LogP contribution < -0.4 is 0 Å². The first-order valence-electron chi connectivity index (χ1n) is 3.54. The SMILES string of the molecule is Cc1cc(Cl)cc(C)c1S(=O)(=O)F. The van der Waals surface area contributed by atoms with Gasteiger partial charge in [-0.05, 0) is 37.1 Å². The van der Waals surface area contributed by atoms with Crippen molar-refractivity contribution in [1.29, 1.82) is 0 Å². The van der Waals surface area contributed by atoms with Gasteiger partial charge in [0.15, 0.2) is 0 Å². The van der Waals surface area contributed by atoms with Gasteiger partial charge in [-0.2, -0.15) is 8.42 Å². The molecule has 0 fully saturated rings.